The quantitative estimate of drug-likeness (QED) is 0.819. The molecule has 1 aliphatic rings. The van der Waals surface area contributed by atoms with Gasteiger partial charge in [0.25, 0.3) is 6.01 Å². The number of rotatable bonds is 5. The second kappa shape index (κ2) is 6.40. The van der Waals surface area contributed by atoms with E-state index in [2.05, 4.69) is 4.98 Å². The third kappa shape index (κ3) is 3.49. The third-order valence-electron chi connectivity index (χ3n) is 3.32. The van der Waals surface area contributed by atoms with Crippen LogP contribution in [0.1, 0.15) is 36.7 Å². The number of nitrogens with zero attached hydrogens (tertiary/aromatic N) is 2. The maximum absolute atomic E-state index is 11.5. The molecule has 2 heterocycles. The molecule has 0 bridgehead atoms. The lowest BCUT2D eigenvalue weighted by molar-refractivity contribution is -0.138. The van der Waals surface area contributed by atoms with Crippen molar-refractivity contribution >= 4 is 18.0 Å². The van der Waals surface area contributed by atoms with E-state index in [1.54, 1.807) is 6.92 Å². The van der Waals surface area contributed by atoms with Gasteiger partial charge in [-0.3, -0.25) is 4.79 Å². The minimum atomic E-state index is -0.760. The van der Waals surface area contributed by atoms with E-state index in [1.165, 1.54) is 6.26 Å². The SMILES string of the molecule is CCOC(=O)c1coc(N2CCC(CC(=O)O)CC2)n1. The third-order valence-corrected chi connectivity index (χ3v) is 3.32. The molecule has 2 rings (SSSR count). The number of hydrogen-bond acceptors (Lipinski definition) is 6. The topological polar surface area (TPSA) is 92.9 Å². The number of aromatic nitrogens is 1. The fourth-order valence-electron chi connectivity index (χ4n) is 2.28. The largest absolute Gasteiger partial charge is 0.481 e. The molecule has 0 radical (unpaired) electrons. The molecule has 1 fully saturated rings. The number of aliphatic carboxylic acids is 1. The zero-order valence-corrected chi connectivity index (χ0v) is 11.4. The summed E-state index contributed by atoms with van der Waals surface area (Å²) in [6, 6.07) is 0.391. The van der Waals surface area contributed by atoms with E-state index in [9.17, 15) is 9.59 Å². The first-order valence-electron chi connectivity index (χ1n) is 6.69. The Balaban J connectivity index is 1.91. The molecular weight excluding hydrogens is 264 g/mol. The van der Waals surface area contributed by atoms with Crippen molar-refractivity contribution in [1.82, 2.24) is 4.98 Å². The van der Waals surface area contributed by atoms with Crippen LogP contribution in [0, 0.1) is 5.92 Å². The number of hydrogen-bond donors (Lipinski definition) is 1. The molecule has 1 aromatic heterocycles. The van der Waals surface area contributed by atoms with Crippen LogP contribution in [0.3, 0.4) is 0 Å². The molecule has 0 aromatic carbocycles. The van der Waals surface area contributed by atoms with Crippen molar-refractivity contribution in [2.45, 2.75) is 26.2 Å². The first kappa shape index (κ1) is 14.4. The minimum absolute atomic E-state index is 0.162. The summed E-state index contributed by atoms with van der Waals surface area (Å²) in [5, 5.41) is 8.77. The number of esters is 1. The molecule has 0 unspecified atom stereocenters. The highest BCUT2D eigenvalue weighted by molar-refractivity contribution is 5.87. The maximum atomic E-state index is 11.5. The van der Waals surface area contributed by atoms with E-state index in [0.717, 1.165) is 12.8 Å². The second-order valence-electron chi connectivity index (χ2n) is 4.76. The Morgan fingerprint density at radius 2 is 2.20 bits per heavy atom. The molecule has 0 saturated carbocycles. The fraction of sp³-hybridized carbons (Fsp3) is 0.615. The van der Waals surface area contributed by atoms with Gasteiger partial charge >= 0.3 is 11.9 Å². The smallest absolute Gasteiger partial charge is 0.360 e. The van der Waals surface area contributed by atoms with E-state index < -0.39 is 11.9 Å². The van der Waals surface area contributed by atoms with Crippen LogP contribution < -0.4 is 4.90 Å². The molecule has 7 nitrogen and oxygen atoms in total. The summed E-state index contributed by atoms with van der Waals surface area (Å²) < 4.78 is 10.1. The van der Waals surface area contributed by atoms with Crippen molar-refractivity contribution in [3.8, 4) is 0 Å². The van der Waals surface area contributed by atoms with Gasteiger partial charge in [0.15, 0.2) is 5.69 Å². The molecule has 20 heavy (non-hydrogen) atoms. The Hall–Kier alpha value is -2.05. The monoisotopic (exact) mass is 282 g/mol. The molecule has 1 aliphatic heterocycles. The Bertz CT molecular complexity index is 477. The van der Waals surface area contributed by atoms with Crippen LogP contribution in [-0.4, -0.2) is 41.7 Å². The van der Waals surface area contributed by atoms with Crippen LogP contribution in [0.25, 0.3) is 0 Å². The molecular formula is C13H18N2O5. The summed E-state index contributed by atoms with van der Waals surface area (Å²) in [6.07, 6.45) is 3.05. The number of carbonyl (C=O) groups excluding carboxylic acids is 1. The molecule has 110 valence electrons. The summed E-state index contributed by atoms with van der Waals surface area (Å²) in [4.78, 5) is 28.2. The van der Waals surface area contributed by atoms with E-state index in [-0.39, 0.29) is 18.0 Å². The van der Waals surface area contributed by atoms with Gasteiger partial charge in [-0.2, -0.15) is 4.98 Å². The lowest BCUT2D eigenvalue weighted by atomic mass is 9.94. The summed E-state index contributed by atoms with van der Waals surface area (Å²) in [5.74, 6) is -1.06. The predicted molar refractivity (Wildman–Crippen MR) is 69.6 cm³/mol. The molecule has 0 amide bonds. The normalized spacial score (nSPS) is 16.1. The average molecular weight is 282 g/mol. The van der Waals surface area contributed by atoms with Crippen LogP contribution in [0.2, 0.25) is 0 Å². The Morgan fingerprint density at radius 3 is 2.80 bits per heavy atom. The minimum Gasteiger partial charge on any atom is -0.481 e. The molecule has 1 N–H and O–H groups in total. The Labute approximate surface area is 116 Å². The van der Waals surface area contributed by atoms with Gasteiger partial charge in [0.05, 0.1) is 6.61 Å². The van der Waals surface area contributed by atoms with Crippen molar-refractivity contribution in [3.05, 3.63) is 12.0 Å². The number of carbonyl (C=O) groups is 2. The highest BCUT2D eigenvalue weighted by Crippen LogP contribution is 2.24. The van der Waals surface area contributed by atoms with E-state index in [4.69, 9.17) is 14.3 Å². The number of piperidine rings is 1. The summed E-state index contributed by atoms with van der Waals surface area (Å²) in [7, 11) is 0. The fourth-order valence-corrected chi connectivity index (χ4v) is 2.28. The Kier molecular flexibility index (Phi) is 4.60. The molecule has 7 heteroatoms. The van der Waals surface area contributed by atoms with Crippen LogP contribution in [-0.2, 0) is 9.53 Å². The summed E-state index contributed by atoms with van der Waals surface area (Å²) in [6.45, 7) is 3.38. The van der Waals surface area contributed by atoms with Gasteiger partial charge in [-0.1, -0.05) is 0 Å². The van der Waals surface area contributed by atoms with Gasteiger partial charge in [-0.25, -0.2) is 4.79 Å². The summed E-state index contributed by atoms with van der Waals surface area (Å²) in [5.41, 5.74) is 0.162. The lowest BCUT2D eigenvalue weighted by Gasteiger charge is -2.29. The van der Waals surface area contributed by atoms with Crippen LogP contribution in [0.4, 0.5) is 6.01 Å². The van der Waals surface area contributed by atoms with Gasteiger partial charge in [-0.15, -0.1) is 0 Å². The van der Waals surface area contributed by atoms with Crippen molar-refractivity contribution in [2.24, 2.45) is 5.92 Å². The molecule has 1 saturated heterocycles. The van der Waals surface area contributed by atoms with Gasteiger partial charge in [-0.05, 0) is 25.7 Å². The number of ether oxygens (including phenoxy) is 1. The first-order valence-corrected chi connectivity index (χ1v) is 6.69. The van der Waals surface area contributed by atoms with Crippen LogP contribution in [0.15, 0.2) is 10.7 Å². The predicted octanol–water partition coefficient (Wildman–Crippen LogP) is 1.54. The zero-order valence-electron chi connectivity index (χ0n) is 11.4. The Morgan fingerprint density at radius 1 is 1.50 bits per heavy atom. The maximum Gasteiger partial charge on any atom is 0.360 e. The number of oxazole rings is 1. The highest BCUT2D eigenvalue weighted by atomic mass is 16.5. The zero-order chi connectivity index (χ0) is 14.5. The average Bonchev–Trinajstić information content (AvgIpc) is 2.89. The molecule has 0 aliphatic carbocycles. The standard InChI is InChI=1S/C13H18N2O5/c1-2-19-12(18)10-8-20-13(14-10)15-5-3-9(4-6-15)7-11(16)17/h8-9H,2-7H2,1H3,(H,16,17). The van der Waals surface area contributed by atoms with Crippen LogP contribution in [0.5, 0.6) is 0 Å². The van der Waals surface area contributed by atoms with Crippen molar-refractivity contribution in [2.75, 3.05) is 24.6 Å². The number of carboxylic acid groups (broad SMARTS) is 1. The summed E-state index contributed by atoms with van der Waals surface area (Å²) >= 11 is 0. The van der Waals surface area contributed by atoms with Crippen LogP contribution >= 0.6 is 0 Å². The molecule has 1 aromatic rings. The van der Waals surface area contributed by atoms with Gasteiger partial charge in [0, 0.05) is 19.5 Å². The van der Waals surface area contributed by atoms with E-state index in [1.807, 2.05) is 4.90 Å². The van der Waals surface area contributed by atoms with E-state index >= 15 is 0 Å². The number of anilines is 1. The van der Waals surface area contributed by atoms with Gasteiger partial charge in [0.2, 0.25) is 0 Å². The van der Waals surface area contributed by atoms with Crippen molar-refractivity contribution in [3.63, 3.8) is 0 Å². The second-order valence-corrected chi connectivity index (χ2v) is 4.76. The highest BCUT2D eigenvalue weighted by Gasteiger charge is 2.24. The lowest BCUT2D eigenvalue weighted by Crippen LogP contribution is -2.34. The first-order chi connectivity index (χ1) is 9.60. The number of carboxylic acids is 1. The van der Waals surface area contributed by atoms with Gasteiger partial charge in [0.1, 0.15) is 6.26 Å². The van der Waals surface area contributed by atoms with E-state index in [0.29, 0.717) is 25.7 Å². The molecule has 0 atom stereocenters. The van der Waals surface area contributed by atoms with Gasteiger partial charge < -0.3 is 19.2 Å². The van der Waals surface area contributed by atoms with Crippen molar-refractivity contribution < 1.29 is 23.8 Å². The van der Waals surface area contributed by atoms with Crippen molar-refractivity contribution in [1.29, 1.82) is 0 Å². The molecule has 0 spiro atoms.